The zero-order chi connectivity index (χ0) is 10.6. The van der Waals surface area contributed by atoms with Crippen molar-refractivity contribution in [3.8, 4) is 0 Å². The molecule has 0 aromatic heterocycles. The Balaban J connectivity index is 2.78. The van der Waals surface area contributed by atoms with E-state index >= 15 is 0 Å². The fraction of sp³-hybridized carbons (Fsp3) is 0.400. The van der Waals surface area contributed by atoms with Gasteiger partial charge in [-0.05, 0) is 18.9 Å². The van der Waals surface area contributed by atoms with Crippen LogP contribution >= 0.6 is 0 Å². The van der Waals surface area contributed by atoms with Crippen molar-refractivity contribution in [2.75, 3.05) is 0 Å². The van der Waals surface area contributed by atoms with Crippen LogP contribution in [0.4, 0.5) is 0 Å². The second kappa shape index (κ2) is 5.24. The monoisotopic (exact) mass is 213 g/mol. The first kappa shape index (κ1) is 11.4. The molecule has 0 N–H and O–H groups in total. The summed E-state index contributed by atoms with van der Waals surface area (Å²) in [5, 5.41) is 0. The molecule has 1 aromatic carbocycles. The summed E-state index contributed by atoms with van der Waals surface area (Å²) in [5.74, 6) is 0. The van der Waals surface area contributed by atoms with Gasteiger partial charge >= 0.3 is 0 Å². The molecule has 0 saturated heterocycles. The summed E-state index contributed by atoms with van der Waals surface area (Å²) >= 11 is -2.45. The Morgan fingerprint density at radius 3 is 2.43 bits per heavy atom. The molecule has 0 aliphatic rings. The summed E-state index contributed by atoms with van der Waals surface area (Å²) in [6.45, 7) is 3.87. The molecule has 0 radical (unpaired) electrons. The fourth-order valence-corrected chi connectivity index (χ4v) is 1.67. The molecule has 2 unspecified atom stereocenters. The molecule has 0 saturated carbocycles. The van der Waals surface area contributed by atoms with E-state index in [1.54, 1.807) is 0 Å². The first-order valence-corrected chi connectivity index (χ1v) is 5.46. The van der Waals surface area contributed by atoms with Crippen LogP contribution in [0.15, 0.2) is 24.3 Å². The van der Waals surface area contributed by atoms with E-state index in [4.69, 9.17) is 4.18 Å². The Bertz CT molecular complexity index is 308. The van der Waals surface area contributed by atoms with E-state index < -0.39 is 11.4 Å². The number of hydrogen-bond acceptors (Lipinski definition) is 3. The summed E-state index contributed by atoms with van der Waals surface area (Å²) in [7, 11) is 0. The van der Waals surface area contributed by atoms with E-state index in [0.29, 0.717) is 6.42 Å². The lowest BCUT2D eigenvalue weighted by Gasteiger charge is -2.17. The molecule has 0 bridgehead atoms. The quantitative estimate of drug-likeness (QED) is 0.721. The topological polar surface area (TPSA) is 49.4 Å². The molecule has 4 heteroatoms. The standard InChI is InChI=1S/C10H14O3S/c1-3-10(13-14(11)12)9-6-4-8(2)5-7-9/h4-7,10H,3H2,1-2H3,(H,11,12)/p-1. The molecule has 1 rings (SSSR count). The highest BCUT2D eigenvalue weighted by Crippen LogP contribution is 2.21. The number of hydrogen-bond donors (Lipinski definition) is 0. The highest BCUT2D eigenvalue weighted by Gasteiger charge is 2.09. The molecule has 0 spiro atoms. The SMILES string of the molecule is CCC(OS(=O)[O-])c1ccc(C)cc1. The van der Waals surface area contributed by atoms with Gasteiger partial charge in [-0.3, -0.25) is 4.18 Å². The largest absolute Gasteiger partial charge is 0.750 e. The Hall–Kier alpha value is -0.710. The number of benzene rings is 1. The van der Waals surface area contributed by atoms with Crippen molar-refractivity contribution in [3.05, 3.63) is 35.4 Å². The molecule has 2 atom stereocenters. The molecular formula is C10H13O3S-. The van der Waals surface area contributed by atoms with Crippen molar-refractivity contribution in [1.82, 2.24) is 0 Å². The Labute approximate surface area is 86.6 Å². The third-order valence-electron chi connectivity index (χ3n) is 2.01. The lowest BCUT2D eigenvalue weighted by Crippen LogP contribution is -2.05. The molecule has 0 heterocycles. The van der Waals surface area contributed by atoms with Crippen LogP contribution in [0.25, 0.3) is 0 Å². The maximum absolute atomic E-state index is 10.4. The lowest BCUT2D eigenvalue weighted by molar-refractivity contribution is 0.200. The fourth-order valence-electron chi connectivity index (χ4n) is 1.24. The predicted molar refractivity (Wildman–Crippen MR) is 54.2 cm³/mol. The highest BCUT2D eigenvalue weighted by molar-refractivity contribution is 7.74. The Morgan fingerprint density at radius 2 is 2.00 bits per heavy atom. The Kier molecular flexibility index (Phi) is 4.25. The van der Waals surface area contributed by atoms with Crippen molar-refractivity contribution < 1.29 is 12.9 Å². The van der Waals surface area contributed by atoms with Gasteiger partial charge in [-0.1, -0.05) is 36.8 Å². The molecule has 3 nitrogen and oxygen atoms in total. The van der Waals surface area contributed by atoms with E-state index in [0.717, 1.165) is 11.1 Å². The van der Waals surface area contributed by atoms with E-state index in [1.807, 2.05) is 38.1 Å². The van der Waals surface area contributed by atoms with Gasteiger partial charge in [-0.25, -0.2) is 4.21 Å². The van der Waals surface area contributed by atoms with Gasteiger partial charge in [-0.15, -0.1) is 0 Å². The molecular weight excluding hydrogens is 200 g/mol. The zero-order valence-electron chi connectivity index (χ0n) is 8.23. The second-order valence-corrected chi connectivity index (χ2v) is 3.71. The first-order valence-electron chi connectivity index (χ1n) is 4.46. The maximum atomic E-state index is 10.4. The normalized spacial score (nSPS) is 15.1. The van der Waals surface area contributed by atoms with Crippen molar-refractivity contribution >= 4 is 11.4 Å². The van der Waals surface area contributed by atoms with E-state index in [2.05, 4.69) is 0 Å². The minimum Gasteiger partial charge on any atom is -0.750 e. The number of aryl methyl sites for hydroxylation is 1. The van der Waals surface area contributed by atoms with Crippen molar-refractivity contribution in [1.29, 1.82) is 0 Å². The smallest absolute Gasteiger partial charge is 0.0984 e. The molecule has 0 amide bonds. The van der Waals surface area contributed by atoms with Crippen LogP contribution in [0.3, 0.4) is 0 Å². The van der Waals surface area contributed by atoms with E-state index in [9.17, 15) is 8.76 Å². The maximum Gasteiger partial charge on any atom is 0.0984 e. The summed E-state index contributed by atoms with van der Waals surface area (Å²) < 4.78 is 25.5. The lowest BCUT2D eigenvalue weighted by atomic mass is 10.1. The third-order valence-corrected chi connectivity index (χ3v) is 2.40. The van der Waals surface area contributed by atoms with Crippen molar-refractivity contribution in [3.63, 3.8) is 0 Å². The third kappa shape index (κ3) is 3.21. The van der Waals surface area contributed by atoms with Crippen LogP contribution in [-0.4, -0.2) is 8.76 Å². The summed E-state index contributed by atoms with van der Waals surface area (Å²) in [6.07, 6.45) is 0.269. The van der Waals surface area contributed by atoms with Gasteiger partial charge in [0.05, 0.1) is 17.5 Å². The first-order chi connectivity index (χ1) is 6.63. The van der Waals surface area contributed by atoms with Gasteiger partial charge in [0.25, 0.3) is 0 Å². The van der Waals surface area contributed by atoms with Gasteiger partial charge in [-0.2, -0.15) is 0 Å². The Morgan fingerprint density at radius 1 is 1.43 bits per heavy atom. The van der Waals surface area contributed by atoms with Crippen LogP contribution in [0, 0.1) is 6.92 Å². The van der Waals surface area contributed by atoms with Gasteiger partial charge in [0.15, 0.2) is 0 Å². The molecule has 0 aliphatic heterocycles. The molecule has 14 heavy (non-hydrogen) atoms. The van der Waals surface area contributed by atoms with E-state index in [-0.39, 0.29) is 6.10 Å². The van der Waals surface area contributed by atoms with Crippen molar-refractivity contribution in [2.24, 2.45) is 0 Å². The minimum absolute atomic E-state index is 0.367. The average molecular weight is 213 g/mol. The van der Waals surface area contributed by atoms with Gasteiger partial charge < -0.3 is 4.55 Å². The zero-order valence-corrected chi connectivity index (χ0v) is 9.04. The molecule has 0 aliphatic carbocycles. The van der Waals surface area contributed by atoms with Crippen LogP contribution in [0.2, 0.25) is 0 Å². The molecule has 1 aromatic rings. The minimum atomic E-state index is -2.45. The molecule has 0 fully saturated rings. The number of rotatable bonds is 4. The second-order valence-electron chi connectivity index (χ2n) is 3.11. The van der Waals surface area contributed by atoms with Crippen LogP contribution < -0.4 is 0 Å². The van der Waals surface area contributed by atoms with Gasteiger partial charge in [0.2, 0.25) is 0 Å². The highest BCUT2D eigenvalue weighted by atomic mass is 32.2. The van der Waals surface area contributed by atoms with Gasteiger partial charge in [0.1, 0.15) is 0 Å². The van der Waals surface area contributed by atoms with Crippen LogP contribution in [-0.2, 0) is 15.5 Å². The average Bonchev–Trinajstić information content (AvgIpc) is 2.15. The molecule has 78 valence electrons. The van der Waals surface area contributed by atoms with Crippen molar-refractivity contribution in [2.45, 2.75) is 26.4 Å². The predicted octanol–water partition coefficient (Wildman–Crippen LogP) is 2.26. The summed E-state index contributed by atoms with van der Waals surface area (Å²) in [5.41, 5.74) is 2.04. The van der Waals surface area contributed by atoms with E-state index in [1.165, 1.54) is 0 Å². The summed E-state index contributed by atoms with van der Waals surface area (Å²) in [4.78, 5) is 0. The summed E-state index contributed by atoms with van der Waals surface area (Å²) in [6, 6.07) is 7.65. The van der Waals surface area contributed by atoms with Crippen LogP contribution in [0.1, 0.15) is 30.6 Å². The van der Waals surface area contributed by atoms with Crippen LogP contribution in [0.5, 0.6) is 0 Å². The van der Waals surface area contributed by atoms with Gasteiger partial charge in [0, 0.05) is 0 Å².